The maximum atomic E-state index is 11.2. The molecule has 0 amide bonds. The van der Waals surface area contributed by atoms with E-state index in [2.05, 4.69) is 22.0 Å². The zero-order chi connectivity index (χ0) is 17.6. The molecule has 1 aromatic carbocycles. The molecule has 0 atom stereocenters. The van der Waals surface area contributed by atoms with Gasteiger partial charge in [0, 0.05) is 49.8 Å². The van der Waals surface area contributed by atoms with Gasteiger partial charge in [-0.1, -0.05) is 12.5 Å². The molecule has 1 saturated heterocycles. The summed E-state index contributed by atoms with van der Waals surface area (Å²) in [7, 11) is 0. The van der Waals surface area contributed by atoms with E-state index < -0.39 is 5.79 Å². The third kappa shape index (κ3) is 2.85. The molecule has 5 nitrogen and oxygen atoms in total. The predicted octanol–water partition coefficient (Wildman–Crippen LogP) is 3.30. The lowest BCUT2D eigenvalue weighted by molar-refractivity contribution is -0.231. The molecule has 3 heterocycles. The third-order valence-electron chi connectivity index (χ3n) is 6.12. The van der Waals surface area contributed by atoms with Crippen LogP contribution in [0.15, 0.2) is 41.3 Å². The number of aromatic nitrogens is 1. The van der Waals surface area contributed by atoms with Gasteiger partial charge in [-0.2, -0.15) is 0 Å². The lowest BCUT2D eigenvalue weighted by Crippen LogP contribution is -2.54. The van der Waals surface area contributed by atoms with E-state index >= 15 is 0 Å². The summed E-state index contributed by atoms with van der Waals surface area (Å²) in [5.74, 6) is 0.480. The van der Waals surface area contributed by atoms with Crippen molar-refractivity contribution in [2.45, 2.75) is 50.5 Å². The SMILES string of the molecule is O=c1ccc(-c2ccc3c(c2)COC2(CCN(C4CCC4)CC2)O3)c[nH]1. The second kappa shape index (κ2) is 6.25. The minimum atomic E-state index is -0.452. The lowest BCUT2D eigenvalue weighted by Gasteiger charge is -2.47. The first-order valence-electron chi connectivity index (χ1n) is 9.60. The number of pyridine rings is 1. The van der Waals surface area contributed by atoms with Crippen LogP contribution in [-0.2, 0) is 11.3 Å². The minimum Gasteiger partial charge on any atom is -0.462 e. The molecule has 1 aliphatic carbocycles. The van der Waals surface area contributed by atoms with Crippen LogP contribution < -0.4 is 10.3 Å². The van der Waals surface area contributed by atoms with Crippen molar-refractivity contribution >= 4 is 0 Å². The van der Waals surface area contributed by atoms with Crippen molar-refractivity contribution in [3.8, 4) is 16.9 Å². The molecule has 0 bridgehead atoms. The first kappa shape index (κ1) is 16.1. The van der Waals surface area contributed by atoms with Crippen LogP contribution in [0.2, 0.25) is 0 Å². The van der Waals surface area contributed by atoms with E-state index in [0.29, 0.717) is 6.61 Å². The van der Waals surface area contributed by atoms with Gasteiger partial charge in [-0.25, -0.2) is 0 Å². The average molecular weight is 352 g/mol. The maximum Gasteiger partial charge on any atom is 0.247 e. The summed E-state index contributed by atoms with van der Waals surface area (Å²) in [6.45, 7) is 2.71. The molecule has 1 N–H and O–H groups in total. The van der Waals surface area contributed by atoms with Crippen LogP contribution in [0.1, 0.15) is 37.7 Å². The number of likely N-dealkylation sites (tertiary alicyclic amines) is 1. The molecule has 26 heavy (non-hydrogen) atoms. The highest BCUT2D eigenvalue weighted by atomic mass is 16.7. The molecule has 0 unspecified atom stereocenters. The van der Waals surface area contributed by atoms with Gasteiger partial charge in [0.05, 0.1) is 6.61 Å². The molecule has 136 valence electrons. The average Bonchev–Trinajstić information content (AvgIpc) is 2.63. The second-order valence-corrected chi connectivity index (χ2v) is 7.69. The van der Waals surface area contributed by atoms with Crippen LogP contribution in [-0.4, -0.2) is 34.8 Å². The highest BCUT2D eigenvalue weighted by Gasteiger charge is 2.42. The number of hydrogen-bond acceptors (Lipinski definition) is 4. The number of fused-ring (bicyclic) bond motifs is 1. The first-order valence-corrected chi connectivity index (χ1v) is 9.60. The Morgan fingerprint density at radius 1 is 1.08 bits per heavy atom. The monoisotopic (exact) mass is 352 g/mol. The minimum absolute atomic E-state index is 0.0893. The number of aromatic amines is 1. The van der Waals surface area contributed by atoms with Gasteiger partial charge in [0.1, 0.15) is 5.75 Å². The quantitative estimate of drug-likeness (QED) is 0.901. The fraction of sp³-hybridized carbons (Fsp3) is 0.476. The summed E-state index contributed by atoms with van der Waals surface area (Å²) in [5.41, 5.74) is 3.03. The Morgan fingerprint density at radius 2 is 1.88 bits per heavy atom. The Kier molecular flexibility index (Phi) is 3.87. The number of piperidine rings is 1. The molecule has 2 aliphatic heterocycles. The normalized spacial score (nSPS) is 22.5. The number of nitrogens with zero attached hydrogens (tertiary/aromatic N) is 1. The van der Waals surface area contributed by atoms with Crippen molar-refractivity contribution in [2.24, 2.45) is 0 Å². The summed E-state index contributed by atoms with van der Waals surface area (Å²) in [6, 6.07) is 10.4. The van der Waals surface area contributed by atoms with Gasteiger partial charge in [-0.15, -0.1) is 0 Å². The van der Waals surface area contributed by atoms with Gasteiger partial charge in [-0.3, -0.25) is 9.69 Å². The molecule has 3 aliphatic rings. The summed E-state index contributed by atoms with van der Waals surface area (Å²) >= 11 is 0. The molecule has 2 aromatic rings. The fourth-order valence-corrected chi connectivity index (χ4v) is 4.23. The molecular formula is C21H24N2O3. The van der Waals surface area contributed by atoms with Crippen molar-refractivity contribution < 1.29 is 9.47 Å². The number of H-pyrrole nitrogens is 1. The highest BCUT2D eigenvalue weighted by molar-refractivity contribution is 5.64. The highest BCUT2D eigenvalue weighted by Crippen LogP contribution is 2.40. The van der Waals surface area contributed by atoms with E-state index in [4.69, 9.17) is 9.47 Å². The first-order chi connectivity index (χ1) is 12.7. The van der Waals surface area contributed by atoms with E-state index in [1.807, 2.05) is 12.1 Å². The summed E-state index contributed by atoms with van der Waals surface area (Å²) < 4.78 is 12.6. The molecule has 5 rings (SSSR count). The Bertz CT molecular complexity index is 843. The molecule has 1 aromatic heterocycles. The van der Waals surface area contributed by atoms with Crippen molar-refractivity contribution in [3.05, 3.63) is 52.4 Å². The van der Waals surface area contributed by atoms with Crippen LogP contribution in [0, 0.1) is 0 Å². The molecule has 5 heteroatoms. The van der Waals surface area contributed by atoms with Gasteiger partial charge in [0.2, 0.25) is 11.3 Å². The standard InChI is InChI=1S/C21H24N2O3/c24-20-7-5-16(13-22-20)15-4-6-19-17(12-15)14-25-21(26-19)8-10-23(11-9-21)18-2-1-3-18/h4-7,12-13,18H,1-3,8-11,14H2,(H,22,24). The van der Waals surface area contributed by atoms with Gasteiger partial charge >= 0.3 is 0 Å². The smallest absolute Gasteiger partial charge is 0.247 e. The van der Waals surface area contributed by atoms with Crippen LogP contribution in [0.5, 0.6) is 5.75 Å². The van der Waals surface area contributed by atoms with E-state index in [0.717, 1.165) is 54.4 Å². The summed E-state index contributed by atoms with van der Waals surface area (Å²) in [5, 5.41) is 0. The fourth-order valence-electron chi connectivity index (χ4n) is 4.23. The van der Waals surface area contributed by atoms with Gasteiger partial charge in [0.15, 0.2) is 0 Å². The van der Waals surface area contributed by atoms with Crippen LogP contribution in [0.4, 0.5) is 0 Å². The van der Waals surface area contributed by atoms with Crippen LogP contribution in [0.3, 0.4) is 0 Å². The maximum absolute atomic E-state index is 11.2. The largest absolute Gasteiger partial charge is 0.462 e. The Hall–Kier alpha value is -2.11. The van der Waals surface area contributed by atoms with E-state index in [9.17, 15) is 4.79 Å². The zero-order valence-corrected chi connectivity index (χ0v) is 14.9. The van der Waals surface area contributed by atoms with Gasteiger partial charge in [0.25, 0.3) is 0 Å². The van der Waals surface area contributed by atoms with Gasteiger partial charge < -0.3 is 14.5 Å². The molecule has 1 spiro atoms. The molecule has 0 radical (unpaired) electrons. The van der Waals surface area contributed by atoms with E-state index in [1.54, 1.807) is 12.3 Å². The Morgan fingerprint density at radius 3 is 2.58 bits per heavy atom. The number of rotatable bonds is 2. The van der Waals surface area contributed by atoms with Crippen molar-refractivity contribution in [1.82, 2.24) is 9.88 Å². The predicted molar refractivity (Wildman–Crippen MR) is 99.1 cm³/mol. The number of nitrogens with one attached hydrogen (secondary N) is 1. The second-order valence-electron chi connectivity index (χ2n) is 7.69. The number of ether oxygens (including phenoxy) is 2. The van der Waals surface area contributed by atoms with Crippen molar-refractivity contribution in [2.75, 3.05) is 13.1 Å². The summed E-state index contributed by atoms with van der Waals surface area (Å²) in [6.07, 6.45) is 7.70. The van der Waals surface area contributed by atoms with Crippen LogP contribution in [0.25, 0.3) is 11.1 Å². The lowest BCUT2D eigenvalue weighted by atomic mass is 9.89. The topological polar surface area (TPSA) is 54.6 Å². The van der Waals surface area contributed by atoms with Gasteiger partial charge in [-0.05, 0) is 42.2 Å². The number of benzene rings is 1. The van der Waals surface area contributed by atoms with E-state index in [-0.39, 0.29) is 5.56 Å². The molecule has 1 saturated carbocycles. The molecular weight excluding hydrogens is 328 g/mol. The van der Waals surface area contributed by atoms with Crippen molar-refractivity contribution in [3.63, 3.8) is 0 Å². The van der Waals surface area contributed by atoms with Crippen molar-refractivity contribution in [1.29, 1.82) is 0 Å². The Balaban J connectivity index is 1.32. The molecule has 2 fully saturated rings. The number of hydrogen-bond donors (Lipinski definition) is 1. The third-order valence-corrected chi connectivity index (χ3v) is 6.12. The van der Waals surface area contributed by atoms with E-state index in [1.165, 1.54) is 19.3 Å². The van der Waals surface area contributed by atoms with Crippen LogP contribution >= 0.6 is 0 Å². The zero-order valence-electron chi connectivity index (χ0n) is 14.9. The Labute approximate surface area is 152 Å². The summed E-state index contributed by atoms with van der Waals surface area (Å²) in [4.78, 5) is 16.6.